The van der Waals surface area contributed by atoms with Gasteiger partial charge in [0, 0.05) is 18.7 Å². The highest BCUT2D eigenvalue weighted by Crippen LogP contribution is 2.47. The van der Waals surface area contributed by atoms with Crippen LogP contribution in [-0.4, -0.2) is 46.0 Å². The number of para-hydroxylation sites is 1. The summed E-state index contributed by atoms with van der Waals surface area (Å²) in [6.45, 7) is 5.67. The first kappa shape index (κ1) is 26.8. The summed E-state index contributed by atoms with van der Waals surface area (Å²) in [7, 11) is -4.17. The minimum Gasteiger partial charge on any atom is -0.462 e. The van der Waals surface area contributed by atoms with E-state index in [4.69, 9.17) is 18.5 Å². The van der Waals surface area contributed by atoms with Crippen molar-refractivity contribution < 1.29 is 32.3 Å². The highest BCUT2D eigenvalue weighted by molar-refractivity contribution is 7.52. The van der Waals surface area contributed by atoms with Gasteiger partial charge in [0.1, 0.15) is 11.8 Å². The van der Waals surface area contributed by atoms with E-state index in [2.05, 4.69) is 10.1 Å². The highest BCUT2D eigenvalue weighted by atomic mass is 31.2. The fourth-order valence-corrected chi connectivity index (χ4v) is 5.02. The molecule has 1 saturated heterocycles. The molecule has 1 aromatic heterocycles. The maximum Gasteiger partial charge on any atom is 0.459 e. The lowest BCUT2D eigenvalue weighted by Crippen LogP contribution is -2.38. The predicted octanol–water partition coefficient (Wildman–Crippen LogP) is 2.69. The van der Waals surface area contributed by atoms with E-state index in [0.29, 0.717) is 0 Å². The van der Waals surface area contributed by atoms with E-state index in [1.807, 2.05) is 0 Å². The first-order chi connectivity index (χ1) is 16.4. The van der Waals surface area contributed by atoms with E-state index in [-0.39, 0.29) is 24.9 Å². The Morgan fingerprint density at radius 1 is 1.29 bits per heavy atom. The number of aromatic nitrogens is 2. The van der Waals surface area contributed by atoms with Crippen LogP contribution in [0.4, 0.5) is 4.39 Å². The number of carbonyl (C=O) groups excluding carboxylic acids is 1. The van der Waals surface area contributed by atoms with Crippen LogP contribution in [0.1, 0.15) is 40.3 Å². The molecule has 35 heavy (non-hydrogen) atoms. The molecule has 5 atom stereocenters. The second-order valence-corrected chi connectivity index (χ2v) is 10.3. The number of benzene rings is 1. The number of nitrogens with zero attached hydrogens (tertiary/aromatic N) is 1. The second-order valence-electron chi connectivity index (χ2n) is 8.64. The highest BCUT2D eigenvalue weighted by Gasteiger charge is 2.48. The van der Waals surface area contributed by atoms with E-state index < -0.39 is 49.0 Å². The van der Waals surface area contributed by atoms with Gasteiger partial charge in [-0.1, -0.05) is 18.2 Å². The molecule has 1 fully saturated rings. The first-order valence-electron chi connectivity index (χ1n) is 11.0. The van der Waals surface area contributed by atoms with Crippen molar-refractivity contribution in [2.75, 3.05) is 6.61 Å². The largest absolute Gasteiger partial charge is 0.462 e. The Labute approximate surface area is 201 Å². The number of nitrogens with one attached hydrogen (secondary N) is 2. The smallest absolute Gasteiger partial charge is 0.459 e. The van der Waals surface area contributed by atoms with Gasteiger partial charge in [0.15, 0.2) is 11.9 Å². The third kappa shape index (κ3) is 7.11. The quantitative estimate of drug-likeness (QED) is 0.363. The number of aromatic amines is 1. The summed E-state index contributed by atoms with van der Waals surface area (Å²) in [5.41, 5.74) is -3.45. The van der Waals surface area contributed by atoms with E-state index in [0.717, 1.165) is 16.8 Å². The van der Waals surface area contributed by atoms with Crippen LogP contribution in [0.25, 0.3) is 0 Å². The van der Waals surface area contributed by atoms with Crippen molar-refractivity contribution in [2.24, 2.45) is 0 Å². The molecule has 2 N–H and O–H groups in total. The fourth-order valence-electron chi connectivity index (χ4n) is 3.50. The standard InChI is InChI=1S/C22H29FN3O8P/c1-14(2)32-19(28)15(3)25-35(30,34-16-8-6-5-7-9-16)31-13-17-12-22(4,23)20(33-17)26-11-10-18(27)24-21(26)29/h5-11,14-15,17,20H,12-13H2,1-4H3,(H,25,30)(H,24,27,29)/t15?,17-,20+,22+,35?/m0/s1. The van der Waals surface area contributed by atoms with Crippen LogP contribution < -0.4 is 20.9 Å². The van der Waals surface area contributed by atoms with Crippen LogP contribution in [-0.2, 0) is 23.4 Å². The summed E-state index contributed by atoms with van der Waals surface area (Å²) in [6.07, 6.45) is -1.70. The van der Waals surface area contributed by atoms with Gasteiger partial charge in [-0.2, -0.15) is 5.09 Å². The minimum absolute atomic E-state index is 0.195. The predicted molar refractivity (Wildman–Crippen MR) is 124 cm³/mol. The molecule has 13 heteroatoms. The molecule has 0 amide bonds. The van der Waals surface area contributed by atoms with Crippen molar-refractivity contribution >= 4 is 13.7 Å². The van der Waals surface area contributed by atoms with Gasteiger partial charge < -0.3 is 14.0 Å². The number of ether oxygens (including phenoxy) is 2. The zero-order valence-electron chi connectivity index (χ0n) is 19.8. The summed E-state index contributed by atoms with van der Waals surface area (Å²) in [4.78, 5) is 37.7. The van der Waals surface area contributed by atoms with Crippen LogP contribution in [0.2, 0.25) is 0 Å². The maximum atomic E-state index is 15.3. The molecule has 192 valence electrons. The Morgan fingerprint density at radius 3 is 2.60 bits per heavy atom. The van der Waals surface area contributed by atoms with E-state index >= 15 is 4.39 Å². The molecular weight excluding hydrogens is 484 g/mol. The first-order valence-corrected chi connectivity index (χ1v) is 12.6. The molecule has 3 rings (SSSR count). The molecule has 2 unspecified atom stereocenters. The topological polar surface area (TPSA) is 138 Å². The van der Waals surface area contributed by atoms with Gasteiger partial charge >= 0.3 is 19.4 Å². The number of hydrogen-bond donors (Lipinski definition) is 2. The van der Waals surface area contributed by atoms with Crippen LogP contribution in [0.15, 0.2) is 52.2 Å². The zero-order chi connectivity index (χ0) is 25.8. The summed E-state index contributed by atoms with van der Waals surface area (Å²) in [6, 6.07) is 8.20. The summed E-state index contributed by atoms with van der Waals surface area (Å²) in [5, 5.41) is 2.54. The molecule has 0 saturated carbocycles. The molecule has 0 radical (unpaired) electrons. The Balaban J connectivity index is 1.75. The molecule has 0 bridgehead atoms. The fraction of sp³-hybridized carbons (Fsp3) is 0.500. The third-order valence-corrected chi connectivity index (χ3v) is 6.67. The number of halogens is 1. The van der Waals surface area contributed by atoms with Gasteiger partial charge in [-0.15, -0.1) is 0 Å². The van der Waals surface area contributed by atoms with Crippen molar-refractivity contribution in [1.29, 1.82) is 0 Å². The summed E-state index contributed by atoms with van der Waals surface area (Å²) >= 11 is 0. The molecule has 2 heterocycles. The van der Waals surface area contributed by atoms with E-state index in [9.17, 15) is 18.9 Å². The van der Waals surface area contributed by atoms with E-state index in [1.54, 1.807) is 44.2 Å². The van der Waals surface area contributed by atoms with E-state index in [1.165, 1.54) is 13.8 Å². The maximum absolute atomic E-state index is 15.3. The molecule has 2 aromatic rings. The molecular formula is C22H29FN3O8P. The monoisotopic (exact) mass is 513 g/mol. The van der Waals surface area contributed by atoms with Crippen LogP contribution >= 0.6 is 7.75 Å². The van der Waals surface area contributed by atoms with Crippen molar-refractivity contribution in [2.45, 2.75) is 64.3 Å². The Morgan fingerprint density at radius 2 is 1.97 bits per heavy atom. The zero-order valence-corrected chi connectivity index (χ0v) is 20.7. The Bertz CT molecular complexity index is 1180. The number of carbonyl (C=O) groups is 1. The van der Waals surface area contributed by atoms with Gasteiger partial charge in [0.05, 0.1) is 18.8 Å². The van der Waals surface area contributed by atoms with Gasteiger partial charge in [0.25, 0.3) is 5.56 Å². The van der Waals surface area contributed by atoms with Crippen molar-refractivity contribution in [3.8, 4) is 5.75 Å². The lowest BCUT2D eigenvalue weighted by atomic mass is 10.0. The number of esters is 1. The van der Waals surface area contributed by atoms with Crippen molar-refractivity contribution in [3.63, 3.8) is 0 Å². The van der Waals surface area contributed by atoms with Crippen LogP contribution in [0.5, 0.6) is 5.75 Å². The molecule has 1 aliphatic rings. The van der Waals surface area contributed by atoms with Gasteiger partial charge in [-0.3, -0.25) is 23.7 Å². The Hall–Kier alpha value is -2.79. The van der Waals surface area contributed by atoms with Crippen LogP contribution in [0.3, 0.4) is 0 Å². The average molecular weight is 513 g/mol. The molecule has 0 aliphatic carbocycles. The third-order valence-electron chi connectivity index (χ3n) is 5.02. The second kappa shape index (κ2) is 10.9. The molecule has 1 aromatic carbocycles. The van der Waals surface area contributed by atoms with Crippen molar-refractivity contribution in [3.05, 3.63) is 63.4 Å². The van der Waals surface area contributed by atoms with Gasteiger partial charge in [-0.25, -0.2) is 13.8 Å². The normalized spacial score (nSPS) is 24.6. The lowest BCUT2D eigenvalue weighted by Gasteiger charge is -2.24. The number of H-pyrrole nitrogens is 1. The van der Waals surface area contributed by atoms with Crippen LogP contribution in [0, 0.1) is 0 Å². The number of rotatable bonds is 10. The van der Waals surface area contributed by atoms with Crippen molar-refractivity contribution in [1.82, 2.24) is 14.6 Å². The van der Waals surface area contributed by atoms with Gasteiger partial charge in [-0.05, 0) is 39.8 Å². The number of alkyl halides is 1. The molecule has 0 spiro atoms. The SMILES string of the molecule is CC(C)OC(=O)C(C)NP(=O)(OC[C@@H]1C[C@@](C)(F)[C@H](n2ccc(=O)[nH]c2=O)O1)Oc1ccccc1. The Kier molecular flexibility index (Phi) is 8.32. The molecule has 11 nitrogen and oxygen atoms in total. The summed E-state index contributed by atoms with van der Waals surface area (Å²) in [5.74, 6) is -0.445. The molecule has 1 aliphatic heterocycles. The lowest BCUT2D eigenvalue weighted by molar-refractivity contribution is -0.149. The number of hydrogen-bond acceptors (Lipinski definition) is 8. The summed E-state index contributed by atoms with van der Waals surface area (Å²) < 4.78 is 51.7. The van der Waals surface area contributed by atoms with Gasteiger partial charge in [0.2, 0.25) is 0 Å². The average Bonchev–Trinajstić information content (AvgIpc) is 3.06. The minimum atomic E-state index is -4.17.